The number of benzene rings is 1. The Balaban J connectivity index is 2.37. The van der Waals surface area contributed by atoms with Gasteiger partial charge in [0.05, 0.1) is 10.3 Å². The van der Waals surface area contributed by atoms with Crippen LogP contribution in [0.4, 0.5) is 5.69 Å². The molecule has 1 aromatic carbocycles. The largest absolute Gasteiger partial charge is 0.481 e. The van der Waals surface area contributed by atoms with Crippen LogP contribution in [0.25, 0.3) is 0 Å². The second kappa shape index (κ2) is 6.80. The monoisotopic (exact) mass is 352 g/mol. The second-order valence-electron chi connectivity index (χ2n) is 6.23. The van der Waals surface area contributed by atoms with Crippen LogP contribution in [-0.4, -0.2) is 46.2 Å². The molecule has 1 heterocycles. The molecule has 1 amide bonds. The number of carbonyl (C=O) groups is 2. The maximum Gasteiger partial charge on any atom is 0.311 e. The summed E-state index contributed by atoms with van der Waals surface area (Å²) in [7, 11) is 0. The minimum Gasteiger partial charge on any atom is -0.481 e. The van der Waals surface area contributed by atoms with Crippen LogP contribution in [-0.2, 0) is 4.79 Å². The first-order valence-corrected chi connectivity index (χ1v) is 8.80. The van der Waals surface area contributed by atoms with Gasteiger partial charge in [-0.15, -0.1) is 11.8 Å². The lowest BCUT2D eigenvalue weighted by Crippen LogP contribution is -2.40. The van der Waals surface area contributed by atoms with Gasteiger partial charge in [-0.1, -0.05) is 13.8 Å². The van der Waals surface area contributed by atoms with E-state index in [0.29, 0.717) is 6.42 Å². The van der Waals surface area contributed by atoms with Gasteiger partial charge in [0.15, 0.2) is 0 Å². The number of likely N-dealkylation sites (tertiary alicyclic amines) is 1. The van der Waals surface area contributed by atoms with Crippen LogP contribution in [0.3, 0.4) is 0 Å². The molecule has 0 bridgehead atoms. The van der Waals surface area contributed by atoms with E-state index in [2.05, 4.69) is 0 Å². The standard InChI is InChI=1S/C16H20N2O5S/c1-10(2)16(15(20)21)6-7-17(9-16)14(19)12-8-11(24-3)4-5-13(12)18(22)23/h4-5,8,10H,6-7,9H2,1-3H3,(H,20,21). The highest BCUT2D eigenvalue weighted by atomic mass is 32.2. The van der Waals surface area contributed by atoms with Crippen molar-refractivity contribution in [3.8, 4) is 0 Å². The zero-order valence-electron chi connectivity index (χ0n) is 13.8. The van der Waals surface area contributed by atoms with Crippen molar-refractivity contribution in [2.75, 3.05) is 19.3 Å². The number of hydrogen-bond acceptors (Lipinski definition) is 5. The summed E-state index contributed by atoms with van der Waals surface area (Å²) in [5, 5.41) is 20.8. The van der Waals surface area contributed by atoms with Crippen molar-refractivity contribution in [1.82, 2.24) is 4.90 Å². The predicted octanol–water partition coefficient (Wildman–Crippen LogP) is 2.89. The Bertz CT molecular complexity index is 691. The van der Waals surface area contributed by atoms with Gasteiger partial charge < -0.3 is 10.0 Å². The Kier molecular flexibility index (Phi) is 5.17. The number of hydrogen-bond donors (Lipinski definition) is 1. The number of carbonyl (C=O) groups excluding carboxylic acids is 1. The number of aliphatic carboxylic acids is 1. The van der Waals surface area contributed by atoms with Crippen LogP contribution in [0.15, 0.2) is 23.1 Å². The highest BCUT2D eigenvalue weighted by Crippen LogP contribution is 2.39. The van der Waals surface area contributed by atoms with Gasteiger partial charge in [0, 0.05) is 24.1 Å². The molecule has 1 aliphatic rings. The fraction of sp³-hybridized carbons (Fsp3) is 0.500. The predicted molar refractivity (Wildman–Crippen MR) is 90.3 cm³/mol. The number of nitrogens with zero attached hydrogens (tertiary/aromatic N) is 2. The third-order valence-corrected chi connectivity index (χ3v) is 5.48. The summed E-state index contributed by atoms with van der Waals surface area (Å²) < 4.78 is 0. The van der Waals surface area contributed by atoms with Gasteiger partial charge in [-0.25, -0.2) is 0 Å². The summed E-state index contributed by atoms with van der Waals surface area (Å²) in [5.74, 6) is -1.55. The molecule has 7 nitrogen and oxygen atoms in total. The van der Waals surface area contributed by atoms with E-state index in [1.165, 1.54) is 28.8 Å². The Morgan fingerprint density at radius 1 is 1.42 bits per heavy atom. The number of nitro groups is 1. The fourth-order valence-corrected chi connectivity index (χ4v) is 3.48. The SMILES string of the molecule is CSc1ccc([N+](=O)[O-])c(C(=O)N2CCC(C(=O)O)(C(C)C)C2)c1. The molecular weight excluding hydrogens is 332 g/mol. The highest BCUT2D eigenvalue weighted by molar-refractivity contribution is 7.98. The van der Waals surface area contributed by atoms with Crippen molar-refractivity contribution in [2.24, 2.45) is 11.3 Å². The molecule has 1 N–H and O–H groups in total. The van der Waals surface area contributed by atoms with E-state index in [1.807, 2.05) is 20.1 Å². The van der Waals surface area contributed by atoms with E-state index in [4.69, 9.17) is 0 Å². The molecule has 1 unspecified atom stereocenters. The summed E-state index contributed by atoms with van der Waals surface area (Å²) in [5.41, 5.74) is -1.24. The Labute approximate surface area is 144 Å². The van der Waals surface area contributed by atoms with Crippen molar-refractivity contribution >= 4 is 29.3 Å². The molecule has 24 heavy (non-hydrogen) atoms. The summed E-state index contributed by atoms with van der Waals surface area (Å²) in [4.78, 5) is 37.3. The van der Waals surface area contributed by atoms with Gasteiger partial charge >= 0.3 is 5.97 Å². The summed E-state index contributed by atoms with van der Waals surface area (Å²) >= 11 is 1.39. The number of thioether (sulfide) groups is 1. The lowest BCUT2D eigenvalue weighted by Gasteiger charge is -2.28. The van der Waals surface area contributed by atoms with Gasteiger partial charge in [-0.3, -0.25) is 19.7 Å². The number of rotatable bonds is 5. The van der Waals surface area contributed by atoms with E-state index in [0.717, 1.165) is 4.90 Å². The minimum absolute atomic E-state index is 0.0109. The molecule has 1 atom stereocenters. The molecule has 0 radical (unpaired) electrons. The van der Waals surface area contributed by atoms with Gasteiger partial charge in [0.2, 0.25) is 0 Å². The van der Waals surface area contributed by atoms with Crippen molar-refractivity contribution in [2.45, 2.75) is 25.2 Å². The zero-order chi connectivity index (χ0) is 18.1. The molecule has 0 aliphatic carbocycles. The molecule has 1 aliphatic heterocycles. The molecule has 0 saturated carbocycles. The lowest BCUT2D eigenvalue weighted by atomic mass is 9.76. The van der Waals surface area contributed by atoms with Crippen molar-refractivity contribution in [3.05, 3.63) is 33.9 Å². The molecule has 0 aromatic heterocycles. The Morgan fingerprint density at radius 3 is 2.54 bits per heavy atom. The van der Waals surface area contributed by atoms with E-state index < -0.39 is 22.2 Å². The summed E-state index contributed by atoms with van der Waals surface area (Å²) in [6, 6.07) is 4.42. The average molecular weight is 352 g/mol. The van der Waals surface area contributed by atoms with Crippen molar-refractivity contribution in [3.63, 3.8) is 0 Å². The van der Waals surface area contributed by atoms with E-state index >= 15 is 0 Å². The van der Waals surface area contributed by atoms with Crippen LogP contribution in [0.1, 0.15) is 30.6 Å². The molecule has 0 spiro atoms. The second-order valence-corrected chi connectivity index (χ2v) is 7.11. The molecule has 2 rings (SSSR count). The summed E-state index contributed by atoms with van der Waals surface area (Å²) in [6.07, 6.45) is 2.17. The van der Waals surface area contributed by atoms with Gasteiger partial charge in [-0.2, -0.15) is 0 Å². The van der Waals surface area contributed by atoms with Crippen LogP contribution in [0.5, 0.6) is 0 Å². The molecule has 8 heteroatoms. The van der Waals surface area contributed by atoms with Crippen LogP contribution >= 0.6 is 11.8 Å². The maximum absolute atomic E-state index is 12.8. The molecule has 130 valence electrons. The molecule has 1 fully saturated rings. The fourth-order valence-electron chi connectivity index (χ4n) is 3.04. The number of carboxylic acid groups (broad SMARTS) is 1. The van der Waals surface area contributed by atoms with Crippen LogP contribution in [0.2, 0.25) is 0 Å². The normalized spacial score (nSPS) is 20.4. The Hall–Kier alpha value is -2.09. The first kappa shape index (κ1) is 18.3. The lowest BCUT2D eigenvalue weighted by molar-refractivity contribution is -0.385. The number of carboxylic acids is 1. The van der Waals surface area contributed by atoms with Crippen LogP contribution in [0, 0.1) is 21.4 Å². The van der Waals surface area contributed by atoms with E-state index in [9.17, 15) is 24.8 Å². The zero-order valence-corrected chi connectivity index (χ0v) is 14.6. The Morgan fingerprint density at radius 2 is 2.08 bits per heavy atom. The average Bonchev–Trinajstić information content (AvgIpc) is 3.00. The molecule has 1 aromatic rings. The van der Waals surface area contributed by atoms with E-state index in [-0.39, 0.29) is 30.3 Å². The van der Waals surface area contributed by atoms with Crippen molar-refractivity contribution in [1.29, 1.82) is 0 Å². The van der Waals surface area contributed by atoms with Gasteiger partial charge in [0.1, 0.15) is 5.56 Å². The van der Waals surface area contributed by atoms with E-state index in [1.54, 1.807) is 6.07 Å². The molecular formula is C16H20N2O5S. The third kappa shape index (κ3) is 3.10. The highest BCUT2D eigenvalue weighted by Gasteiger charge is 2.49. The minimum atomic E-state index is -0.998. The third-order valence-electron chi connectivity index (χ3n) is 4.75. The topological polar surface area (TPSA) is 101 Å². The van der Waals surface area contributed by atoms with Gasteiger partial charge in [0.25, 0.3) is 11.6 Å². The first-order chi connectivity index (χ1) is 11.2. The summed E-state index contributed by atoms with van der Waals surface area (Å²) in [6.45, 7) is 3.99. The molecule has 1 saturated heterocycles. The first-order valence-electron chi connectivity index (χ1n) is 7.58. The van der Waals surface area contributed by atoms with Gasteiger partial charge in [-0.05, 0) is 30.7 Å². The smallest absolute Gasteiger partial charge is 0.311 e. The van der Waals surface area contributed by atoms with Crippen molar-refractivity contribution < 1.29 is 19.6 Å². The number of nitro benzene ring substituents is 1. The van der Waals surface area contributed by atoms with Crippen LogP contribution < -0.4 is 0 Å². The quantitative estimate of drug-likeness (QED) is 0.497. The number of amides is 1. The maximum atomic E-state index is 12.8.